The summed E-state index contributed by atoms with van der Waals surface area (Å²) < 4.78 is 5.49. The van der Waals surface area contributed by atoms with E-state index in [0.717, 1.165) is 36.7 Å². The molecule has 1 aromatic rings. The number of carbonyl (C=O) groups is 1. The molecular formula is C22H32N2O2. The van der Waals surface area contributed by atoms with E-state index < -0.39 is 0 Å². The molecule has 1 aliphatic heterocycles. The van der Waals surface area contributed by atoms with Crippen LogP contribution in [0.25, 0.3) is 0 Å². The number of methoxy groups -OCH3 is 1. The highest BCUT2D eigenvalue weighted by atomic mass is 16.5. The van der Waals surface area contributed by atoms with Crippen molar-refractivity contribution in [2.75, 3.05) is 26.7 Å². The van der Waals surface area contributed by atoms with Gasteiger partial charge in [0.2, 0.25) is 5.91 Å². The van der Waals surface area contributed by atoms with Gasteiger partial charge in [0.1, 0.15) is 5.75 Å². The number of rotatable bonds is 6. The van der Waals surface area contributed by atoms with Crippen molar-refractivity contribution in [1.82, 2.24) is 10.2 Å². The number of para-hydroxylation sites is 1. The van der Waals surface area contributed by atoms with Gasteiger partial charge in [-0.1, -0.05) is 31.0 Å². The Morgan fingerprint density at radius 2 is 1.85 bits per heavy atom. The maximum Gasteiger partial charge on any atom is 0.230 e. The highest BCUT2D eigenvalue weighted by Gasteiger charge is 2.52. The first-order valence-electron chi connectivity index (χ1n) is 10.4. The van der Waals surface area contributed by atoms with Crippen LogP contribution in [-0.2, 0) is 10.2 Å². The molecule has 0 spiro atoms. The minimum Gasteiger partial charge on any atom is -0.496 e. The van der Waals surface area contributed by atoms with Crippen molar-refractivity contribution < 1.29 is 9.53 Å². The van der Waals surface area contributed by atoms with Gasteiger partial charge in [0, 0.05) is 18.2 Å². The van der Waals surface area contributed by atoms with E-state index in [0.29, 0.717) is 5.92 Å². The van der Waals surface area contributed by atoms with E-state index in [1.807, 2.05) is 24.3 Å². The molecule has 2 saturated carbocycles. The molecular weight excluding hydrogens is 324 g/mol. The minimum atomic E-state index is -0.350. The Hall–Kier alpha value is -1.55. The molecule has 0 radical (unpaired) electrons. The third kappa shape index (κ3) is 3.48. The molecule has 0 aromatic heterocycles. The lowest BCUT2D eigenvalue weighted by atomic mass is 9.92. The number of hydrogen-bond donors (Lipinski definition) is 1. The molecule has 142 valence electrons. The van der Waals surface area contributed by atoms with Crippen molar-refractivity contribution >= 4 is 5.91 Å². The molecule has 4 heteroatoms. The van der Waals surface area contributed by atoms with Gasteiger partial charge in [-0.25, -0.2) is 0 Å². The van der Waals surface area contributed by atoms with Gasteiger partial charge in [-0.05, 0) is 63.6 Å². The van der Waals surface area contributed by atoms with Crippen molar-refractivity contribution in [3.63, 3.8) is 0 Å². The maximum absolute atomic E-state index is 12.9. The number of carbonyl (C=O) groups excluding carboxylic acids is 1. The highest BCUT2D eigenvalue weighted by Crippen LogP contribution is 2.51. The normalized spacial score (nSPS) is 23.7. The van der Waals surface area contributed by atoms with E-state index in [1.165, 1.54) is 51.6 Å². The molecule has 1 heterocycles. The summed E-state index contributed by atoms with van der Waals surface area (Å²) in [6.45, 7) is 3.25. The van der Waals surface area contributed by atoms with E-state index in [4.69, 9.17) is 4.74 Å². The Morgan fingerprint density at radius 1 is 1.15 bits per heavy atom. The highest BCUT2D eigenvalue weighted by molar-refractivity contribution is 5.92. The van der Waals surface area contributed by atoms with Gasteiger partial charge in [0.25, 0.3) is 0 Å². The topological polar surface area (TPSA) is 41.6 Å². The molecule has 4 rings (SSSR count). The zero-order valence-corrected chi connectivity index (χ0v) is 16.0. The van der Waals surface area contributed by atoms with Crippen LogP contribution in [0, 0.1) is 5.92 Å². The summed E-state index contributed by atoms with van der Waals surface area (Å²) in [5, 5.41) is 3.28. The number of hydrogen-bond acceptors (Lipinski definition) is 3. The molecule has 1 N–H and O–H groups in total. The van der Waals surface area contributed by atoms with Gasteiger partial charge in [0.15, 0.2) is 0 Å². The standard InChI is InChI=1S/C22H32N2O2/c1-26-20-9-5-4-8-19(20)22(12-13-22)21(25)23-16-17-10-14-24(15-11-17)18-6-2-3-7-18/h4-5,8-9,17-18H,2-3,6-7,10-16H2,1H3,(H,23,25). The van der Waals surface area contributed by atoms with E-state index in [-0.39, 0.29) is 11.3 Å². The second kappa shape index (κ2) is 7.59. The molecule has 3 aliphatic rings. The second-order valence-electron chi connectivity index (χ2n) is 8.41. The van der Waals surface area contributed by atoms with Gasteiger partial charge in [0.05, 0.1) is 12.5 Å². The molecule has 26 heavy (non-hydrogen) atoms. The average molecular weight is 357 g/mol. The fourth-order valence-electron chi connectivity index (χ4n) is 4.98. The average Bonchev–Trinajstić information content (AvgIpc) is 3.32. The largest absolute Gasteiger partial charge is 0.496 e. The molecule has 0 unspecified atom stereocenters. The molecule has 1 aromatic carbocycles. The van der Waals surface area contributed by atoms with Crippen molar-refractivity contribution in [1.29, 1.82) is 0 Å². The van der Waals surface area contributed by atoms with E-state index in [1.54, 1.807) is 7.11 Å². The van der Waals surface area contributed by atoms with Crippen LogP contribution in [0.15, 0.2) is 24.3 Å². The van der Waals surface area contributed by atoms with Crippen LogP contribution in [0.1, 0.15) is 56.9 Å². The predicted octanol–water partition coefficient (Wildman–Crippen LogP) is 3.50. The van der Waals surface area contributed by atoms with Crippen molar-refractivity contribution in [3.05, 3.63) is 29.8 Å². The maximum atomic E-state index is 12.9. The Bertz CT molecular complexity index is 627. The molecule has 2 aliphatic carbocycles. The minimum absolute atomic E-state index is 0.195. The predicted molar refractivity (Wildman–Crippen MR) is 103 cm³/mol. The first kappa shape index (κ1) is 17.8. The first-order valence-corrected chi connectivity index (χ1v) is 10.4. The molecule has 0 bridgehead atoms. The Labute approximate surface area is 157 Å². The summed E-state index contributed by atoms with van der Waals surface area (Å²) in [6.07, 6.45) is 9.90. The van der Waals surface area contributed by atoms with Crippen LogP contribution in [0.2, 0.25) is 0 Å². The van der Waals surface area contributed by atoms with Gasteiger partial charge in [-0.15, -0.1) is 0 Å². The van der Waals surface area contributed by atoms with Gasteiger partial charge in [-0.2, -0.15) is 0 Å². The number of nitrogens with one attached hydrogen (secondary N) is 1. The number of benzene rings is 1. The van der Waals surface area contributed by atoms with Crippen LogP contribution >= 0.6 is 0 Å². The summed E-state index contributed by atoms with van der Waals surface area (Å²) in [6, 6.07) is 8.82. The molecule has 4 nitrogen and oxygen atoms in total. The van der Waals surface area contributed by atoms with Crippen LogP contribution in [-0.4, -0.2) is 43.6 Å². The summed E-state index contributed by atoms with van der Waals surface area (Å²) >= 11 is 0. The van der Waals surface area contributed by atoms with Crippen molar-refractivity contribution in [3.8, 4) is 5.75 Å². The van der Waals surface area contributed by atoms with Crippen molar-refractivity contribution in [2.45, 2.75) is 62.8 Å². The lowest BCUT2D eigenvalue weighted by Gasteiger charge is -2.36. The van der Waals surface area contributed by atoms with Gasteiger partial charge < -0.3 is 15.0 Å². The van der Waals surface area contributed by atoms with E-state index in [9.17, 15) is 4.79 Å². The molecule has 0 atom stereocenters. The monoisotopic (exact) mass is 356 g/mol. The Morgan fingerprint density at radius 3 is 2.50 bits per heavy atom. The Kier molecular flexibility index (Phi) is 5.21. The summed E-state index contributed by atoms with van der Waals surface area (Å²) in [7, 11) is 1.69. The third-order valence-corrected chi connectivity index (χ3v) is 6.85. The van der Waals surface area contributed by atoms with Crippen LogP contribution in [0.3, 0.4) is 0 Å². The van der Waals surface area contributed by atoms with Crippen molar-refractivity contribution in [2.24, 2.45) is 5.92 Å². The zero-order chi connectivity index (χ0) is 18.0. The van der Waals surface area contributed by atoms with Crippen LogP contribution in [0.5, 0.6) is 5.75 Å². The summed E-state index contributed by atoms with van der Waals surface area (Å²) in [4.78, 5) is 15.6. The van der Waals surface area contributed by atoms with Gasteiger partial charge in [-0.3, -0.25) is 4.79 Å². The summed E-state index contributed by atoms with van der Waals surface area (Å²) in [5.41, 5.74) is 0.702. The zero-order valence-electron chi connectivity index (χ0n) is 16.0. The fraction of sp³-hybridized carbons (Fsp3) is 0.682. The fourth-order valence-corrected chi connectivity index (χ4v) is 4.98. The number of nitrogens with zero attached hydrogens (tertiary/aromatic N) is 1. The number of piperidine rings is 1. The summed E-state index contributed by atoms with van der Waals surface area (Å²) in [5.74, 6) is 1.66. The van der Waals surface area contributed by atoms with Crippen LogP contribution < -0.4 is 10.1 Å². The van der Waals surface area contributed by atoms with Crippen LogP contribution in [0.4, 0.5) is 0 Å². The number of ether oxygens (including phenoxy) is 1. The molecule has 1 saturated heterocycles. The Balaban J connectivity index is 1.29. The van der Waals surface area contributed by atoms with Gasteiger partial charge >= 0.3 is 0 Å². The quantitative estimate of drug-likeness (QED) is 0.848. The van der Waals surface area contributed by atoms with E-state index >= 15 is 0 Å². The lowest BCUT2D eigenvalue weighted by Crippen LogP contribution is -2.44. The SMILES string of the molecule is COc1ccccc1C1(C(=O)NCC2CCN(C3CCCC3)CC2)CC1. The number of amides is 1. The smallest absolute Gasteiger partial charge is 0.230 e. The third-order valence-electron chi connectivity index (χ3n) is 6.85. The number of likely N-dealkylation sites (tertiary alicyclic amines) is 1. The first-order chi connectivity index (χ1) is 12.7. The second-order valence-corrected chi connectivity index (χ2v) is 8.41. The van der Waals surface area contributed by atoms with E-state index in [2.05, 4.69) is 10.2 Å². The molecule has 3 fully saturated rings. The molecule has 1 amide bonds. The lowest BCUT2D eigenvalue weighted by molar-refractivity contribution is -0.123.